The molecule has 0 spiro atoms. The summed E-state index contributed by atoms with van der Waals surface area (Å²) in [6.07, 6.45) is 9.54. The normalized spacial score (nSPS) is 11.8. The van der Waals surface area contributed by atoms with Crippen molar-refractivity contribution in [1.29, 1.82) is 0 Å². The topological polar surface area (TPSA) is 102 Å². The third kappa shape index (κ3) is 16.6. The van der Waals surface area contributed by atoms with Gasteiger partial charge in [0.05, 0.1) is 20.5 Å². The predicted molar refractivity (Wildman–Crippen MR) is 98.1 cm³/mol. The molecule has 0 aliphatic rings. The number of hydrogen-bond donors (Lipinski definition) is 1. The Kier molecular flexibility index (Phi) is 20.5. The van der Waals surface area contributed by atoms with Crippen molar-refractivity contribution in [2.45, 2.75) is 70.8 Å². The second-order valence-corrected chi connectivity index (χ2v) is 7.65. The molecule has 0 unspecified atom stereocenters. The molecule has 1 rings (SSSR count). The van der Waals surface area contributed by atoms with E-state index in [1.165, 1.54) is 32.1 Å². The van der Waals surface area contributed by atoms with E-state index in [0.717, 1.165) is 19.3 Å². The molecule has 1 atom stereocenters. The van der Waals surface area contributed by atoms with Crippen molar-refractivity contribution >= 4 is 13.7 Å². The van der Waals surface area contributed by atoms with Crippen LogP contribution in [0.15, 0.2) is 30.3 Å². The van der Waals surface area contributed by atoms with E-state index in [2.05, 4.69) is 16.8 Å². The number of carbonyl (C=O) groups excluding carboxylic acids is 1. The smallest absolute Gasteiger partial charge is 0.790 e. The van der Waals surface area contributed by atoms with Crippen LogP contribution in [0.3, 0.4) is 0 Å². The molecule has 0 aromatic heterocycles. The minimum Gasteiger partial charge on any atom is -0.790 e. The molecular formula is C19H30NNa2O5P. The zero-order valence-electron chi connectivity index (χ0n) is 17.5. The number of amides is 1. The monoisotopic (exact) mass is 429 g/mol. The molecule has 0 bridgehead atoms. The van der Waals surface area contributed by atoms with Gasteiger partial charge in [-0.05, 0) is 12.0 Å². The molecular weight excluding hydrogens is 399 g/mol. The van der Waals surface area contributed by atoms with Crippen LogP contribution < -0.4 is 74.2 Å². The molecule has 0 radical (unpaired) electrons. The predicted octanol–water partition coefficient (Wildman–Crippen LogP) is -2.77. The van der Waals surface area contributed by atoms with Crippen LogP contribution in [0.4, 0.5) is 0 Å². The molecule has 1 amide bonds. The first-order valence-electron chi connectivity index (χ1n) is 9.43. The van der Waals surface area contributed by atoms with Gasteiger partial charge < -0.3 is 24.2 Å². The van der Waals surface area contributed by atoms with Gasteiger partial charge in [-0.3, -0.25) is 4.79 Å². The van der Waals surface area contributed by atoms with Crippen molar-refractivity contribution < 1.29 is 82.8 Å². The van der Waals surface area contributed by atoms with Crippen molar-refractivity contribution in [1.82, 2.24) is 5.32 Å². The number of phosphoric ester groups is 1. The van der Waals surface area contributed by atoms with Gasteiger partial charge in [-0.1, -0.05) is 82.2 Å². The van der Waals surface area contributed by atoms with E-state index in [4.69, 9.17) is 0 Å². The Morgan fingerprint density at radius 1 is 1.00 bits per heavy atom. The molecule has 6 nitrogen and oxygen atoms in total. The summed E-state index contributed by atoms with van der Waals surface area (Å²) >= 11 is 0. The van der Waals surface area contributed by atoms with Gasteiger partial charge in [0.2, 0.25) is 5.91 Å². The van der Waals surface area contributed by atoms with Gasteiger partial charge in [0.1, 0.15) is 0 Å². The molecule has 1 N–H and O–H groups in total. The maximum atomic E-state index is 12.1. The fourth-order valence-electron chi connectivity index (χ4n) is 2.76. The molecule has 0 fully saturated rings. The van der Waals surface area contributed by atoms with Gasteiger partial charge in [-0.25, -0.2) is 0 Å². The molecule has 0 saturated heterocycles. The summed E-state index contributed by atoms with van der Waals surface area (Å²) in [7, 11) is -5.08. The van der Waals surface area contributed by atoms with E-state index in [1.54, 1.807) is 24.3 Å². The summed E-state index contributed by atoms with van der Waals surface area (Å²) < 4.78 is 15.1. The minimum atomic E-state index is -5.08. The first-order chi connectivity index (χ1) is 12.4. The van der Waals surface area contributed by atoms with E-state index in [-0.39, 0.29) is 65.0 Å². The Balaban J connectivity index is 0. The SMILES string of the molecule is CCCCCCCCCCC(=O)N[C@H](COP(=O)([O-])[O-])c1ccccc1.[Na+].[Na+]. The van der Waals surface area contributed by atoms with Crippen molar-refractivity contribution in [3.05, 3.63) is 35.9 Å². The van der Waals surface area contributed by atoms with Crippen LogP contribution in [-0.2, 0) is 13.9 Å². The second-order valence-electron chi connectivity index (χ2n) is 6.50. The average molecular weight is 429 g/mol. The fraction of sp³-hybridized carbons (Fsp3) is 0.632. The first-order valence-corrected chi connectivity index (χ1v) is 10.9. The molecule has 0 saturated carbocycles. The summed E-state index contributed by atoms with van der Waals surface area (Å²) in [6.45, 7) is 1.80. The van der Waals surface area contributed by atoms with Crippen molar-refractivity contribution in [3.63, 3.8) is 0 Å². The maximum Gasteiger partial charge on any atom is 1.00 e. The molecule has 0 heterocycles. The molecule has 0 aliphatic heterocycles. The Labute approximate surface area is 213 Å². The van der Waals surface area contributed by atoms with Crippen molar-refractivity contribution in [2.75, 3.05) is 6.61 Å². The number of benzene rings is 1. The second kappa shape index (κ2) is 18.6. The molecule has 1 aromatic rings. The van der Waals surface area contributed by atoms with Crippen LogP contribution in [0, 0.1) is 0 Å². The van der Waals surface area contributed by atoms with Gasteiger partial charge in [-0.2, -0.15) is 0 Å². The Hall–Kier alpha value is 0.800. The Morgan fingerprint density at radius 3 is 2.07 bits per heavy atom. The summed E-state index contributed by atoms with van der Waals surface area (Å²) in [6, 6.07) is 8.22. The van der Waals surface area contributed by atoms with Gasteiger partial charge in [-0.15, -0.1) is 0 Å². The number of rotatable bonds is 14. The zero-order valence-corrected chi connectivity index (χ0v) is 22.4. The minimum absolute atomic E-state index is 0. The van der Waals surface area contributed by atoms with E-state index in [0.29, 0.717) is 12.0 Å². The summed E-state index contributed by atoms with van der Waals surface area (Å²) in [5.41, 5.74) is 0.699. The summed E-state index contributed by atoms with van der Waals surface area (Å²) in [5.74, 6) is -0.167. The van der Waals surface area contributed by atoms with E-state index < -0.39 is 20.5 Å². The van der Waals surface area contributed by atoms with Crippen molar-refractivity contribution in [3.8, 4) is 0 Å². The number of carbonyl (C=O) groups is 1. The van der Waals surface area contributed by atoms with Gasteiger partial charge in [0.15, 0.2) is 0 Å². The fourth-order valence-corrected chi connectivity index (χ4v) is 3.09. The van der Waals surface area contributed by atoms with Crippen LogP contribution >= 0.6 is 7.82 Å². The molecule has 9 heteroatoms. The van der Waals surface area contributed by atoms with E-state index in [1.807, 2.05) is 6.07 Å². The number of nitrogens with one attached hydrogen (secondary N) is 1. The molecule has 0 aliphatic carbocycles. The average Bonchev–Trinajstić information content (AvgIpc) is 2.61. The standard InChI is InChI=1S/C19H32NO5P.2Na/c1-2-3-4-5-6-7-8-12-15-19(21)20-18(16-25-26(22,23)24)17-13-10-9-11-14-17;;/h9-11,13-14,18H,2-8,12,15-16H2,1H3,(H,20,21)(H2,22,23,24);;/q;2*+1/p-2/t18-;;/m1../s1. The summed E-state index contributed by atoms with van der Waals surface area (Å²) in [4.78, 5) is 33.6. The zero-order chi connectivity index (χ0) is 19.3. The van der Waals surface area contributed by atoms with E-state index in [9.17, 15) is 19.1 Å². The van der Waals surface area contributed by atoms with Gasteiger partial charge >= 0.3 is 59.1 Å². The largest absolute Gasteiger partial charge is 1.00 e. The molecule has 28 heavy (non-hydrogen) atoms. The Bertz CT molecular complexity index is 557. The van der Waals surface area contributed by atoms with Crippen LogP contribution in [0.5, 0.6) is 0 Å². The molecule has 148 valence electrons. The van der Waals surface area contributed by atoms with E-state index >= 15 is 0 Å². The Morgan fingerprint density at radius 2 is 1.54 bits per heavy atom. The number of phosphoric acid groups is 1. The summed E-state index contributed by atoms with van der Waals surface area (Å²) in [5, 5.41) is 2.76. The van der Waals surface area contributed by atoms with Crippen LogP contribution in [-0.4, -0.2) is 12.5 Å². The van der Waals surface area contributed by atoms with Gasteiger partial charge in [0.25, 0.3) is 0 Å². The van der Waals surface area contributed by atoms with Crippen molar-refractivity contribution in [2.24, 2.45) is 0 Å². The number of hydrogen-bond acceptors (Lipinski definition) is 5. The van der Waals surface area contributed by atoms with Gasteiger partial charge in [0, 0.05) is 6.42 Å². The van der Waals surface area contributed by atoms with Crippen LogP contribution in [0.2, 0.25) is 0 Å². The number of unbranched alkanes of at least 4 members (excludes halogenated alkanes) is 7. The maximum absolute atomic E-state index is 12.1. The van der Waals surface area contributed by atoms with Crippen LogP contribution in [0.25, 0.3) is 0 Å². The third-order valence-electron chi connectivity index (χ3n) is 4.19. The van der Waals surface area contributed by atoms with Crippen LogP contribution in [0.1, 0.15) is 76.3 Å². The first kappa shape index (κ1) is 31.0. The molecule has 1 aromatic carbocycles. The quantitative estimate of drug-likeness (QED) is 0.196. The third-order valence-corrected chi connectivity index (χ3v) is 4.66.